The van der Waals surface area contributed by atoms with Crippen molar-refractivity contribution in [2.75, 3.05) is 10.6 Å². The van der Waals surface area contributed by atoms with Crippen LogP contribution in [0.2, 0.25) is 0 Å². The van der Waals surface area contributed by atoms with Gasteiger partial charge in [-0.15, -0.1) is 0 Å². The molecule has 0 aliphatic heterocycles. The van der Waals surface area contributed by atoms with Crippen molar-refractivity contribution in [3.05, 3.63) is 90.3 Å². The Bertz CT molecular complexity index is 1030. The predicted molar refractivity (Wildman–Crippen MR) is 108 cm³/mol. The number of nitrogens with one attached hydrogen (secondary N) is 2. The summed E-state index contributed by atoms with van der Waals surface area (Å²) in [6, 6.07) is 24.8. The van der Waals surface area contributed by atoms with Gasteiger partial charge < -0.3 is 10.6 Å². The molecule has 128 valence electrons. The van der Waals surface area contributed by atoms with Gasteiger partial charge in [0.15, 0.2) is 0 Å². The minimum absolute atomic E-state index is 0.749. The molecule has 0 aliphatic carbocycles. The van der Waals surface area contributed by atoms with Crippen molar-refractivity contribution in [3.63, 3.8) is 0 Å². The average Bonchev–Trinajstić information content (AvgIpc) is 2.67. The summed E-state index contributed by atoms with van der Waals surface area (Å²) >= 11 is 0. The fourth-order valence-electron chi connectivity index (χ4n) is 2.93. The Balaban J connectivity index is 1.61. The second-order valence-electron chi connectivity index (χ2n) is 6.29. The first-order chi connectivity index (χ1) is 12.8. The fourth-order valence-corrected chi connectivity index (χ4v) is 2.93. The molecule has 26 heavy (non-hydrogen) atoms. The van der Waals surface area contributed by atoms with Crippen molar-refractivity contribution in [2.45, 2.75) is 13.5 Å². The molecule has 0 unspecified atom stereocenters. The lowest BCUT2D eigenvalue weighted by atomic mass is 10.1. The van der Waals surface area contributed by atoms with Gasteiger partial charge in [-0.2, -0.15) is 0 Å². The van der Waals surface area contributed by atoms with Crippen LogP contribution in [0.4, 0.5) is 17.2 Å². The number of fused-ring (bicyclic) bond motifs is 1. The summed E-state index contributed by atoms with van der Waals surface area (Å²) in [5, 5.41) is 7.87. The smallest absolute Gasteiger partial charge is 0.141 e. The molecule has 2 N–H and O–H groups in total. The van der Waals surface area contributed by atoms with Crippen LogP contribution in [0, 0.1) is 6.92 Å². The predicted octanol–water partition coefficient (Wildman–Crippen LogP) is 5.29. The van der Waals surface area contributed by atoms with Crippen molar-refractivity contribution in [1.82, 2.24) is 9.97 Å². The zero-order chi connectivity index (χ0) is 17.8. The second-order valence-corrected chi connectivity index (χ2v) is 6.29. The van der Waals surface area contributed by atoms with E-state index in [1.54, 1.807) is 6.33 Å². The minimum atomic E-state index is 0.749. The maximum absolute atomic E-state index is 4.45. The SMILES string of the molecule is Cc1cccc(Nc2ncnc3ccc(CNc4ccccc4)cc23)c1. The highest BCUT2D eigenvalue weighted by molar-refractivity contribution is 5.91. The zero-order valence-electron chi connectivity index (χ0n) is 14.6. The van der Waals surface area contributed by atoms with Crippen molar-refractivity contribution in [2.24, 2.45) is 0 Å². The van der Waals surface area contributed by atoms with Gasteiger partial charge in [-0.05, 0) is 54.4 Å². The normalized spacial score (nSPS) is 10.7. The quantitative estimate of drug-likeness (QED) is 0.518. The van der Waals surface area contributed by atoms with E-state index in [0.717, 1.165) is 34.6 Å². The molecule has 0 bridgehead atoms. The monoisotopic (exact) mass is 340 g/mol. The summed E-state index contributed by atoms with van der Waals surface area (Å²) < 4.78 is 0. The van der Waals surface area contributed by atoms with E-state index in [1.165, 1.54) is 11.1 Å². The minimum Gasteiger partial charge on any atom is -0.381 e. The maximum Gasteiger partial charge on any atom is 0.141 e. The molecule has 0 atom stereocenters. The van der Waals surface area contributed by atoms with Gasteiger partial charge in [-0.3, -0.25) is 0 Å². The van der Waals surface area contributed by atoms with Gasteiger partial charge >= 0.3 is 0 Å². The van der Waals surface area contributed by atoms with Crippen molar-refractivity contribution >= 4 is 28.1 Å². The highest BCUT2D eigenvalue weighted by Crippen LogP contribution is 2.24. The molecular formula is C22H20N4. The molecule has 4 aromatic rings. The van der Waals surface area contributed by atoms with Crippen LogP contribution in [0.3, 0.4) is 0 Å². The van der Waals surface area contributed by atoms with E-state index in [4.69, 9.17) is 0 Å². The third-order valence-electron chi connectivity index (χ3n) is 4.25. The van der Waals surface area contributed by atoms with Crippen molar-refractivity contribution < 1.29 is 0 Å². The van der Waals surface area contributed by atoms with Crippen molar-refractivity contribution in [3.8, 4) is 0 Å². The third kappa shape index (κ3) is 3.64. The highest BCUT2D eigenvalue weighted by Gasteiger charge is 2.06. The van der Waals surface area contributed by atoms with E-state index in [1.807, 2.05) is 36.4 Å². The molecular weight excluding hydrogens is 320 g/mol. The molecule has 0 spiro atoms. The van der Waals surface area contributed by atoms with Crippen LogP contribution in [-0.4, -0.2) is 9.97 Å². The molecule has 4 rings (SSSR count). The van der Waals surface area contributed by atoms with Gasteiger partial charge in [-0.1, -0.05) is 36.4 Å². The summed E-state index contributed by atoms with van der Waals surface area (Å²) in [7, 11) is 0. The molecule has 4 nitrogen and oxygen atoms in total. The standard InChI is InChI=1S/C22H20N4/c1-16-6-5-9-19(12-16)26-22-20-13-17(10-11-21(20)24-15-25-22)14-23-18-7-3-2-4-8-18/h2-13,15,23H,14H2,1H3,(H,24,25,26). The van der Waals surface area contributed by atoms with Crippen LogP contribution in [0.25, 0.3) is 10.9 Å². The Labute approximate surface area is 152 Å². The molecule has 1 aromatic heterocycles. The number of rotatable bonds is 5. The van der Waals surface area contributed by atoms with Gasteiger partial charge in [-0.25, -0.2) is 9.97 Å². The lowest BCUT2D eigenvalue weighted by Gasteiger charge is -2.11. The van der Waals surface area contributed by atoms with E-state index in [0.29, 0.717) is 0 Å². The Kier molecular flexibility index (Phi) is 4.48. The van der Waals surface area contributed by atoms with Crippen molar-refractivity contribution in [1.29, 1.82) is 0 Å². The number of para-hydroxylation sites is 1. The van der Waals surface area contributed by atoms with E-state index in [9.17, 15) is 0 Å². The van der Waals surface area contributed by atoms with Crippen LogP contribution >= 0.6 is 0 Å². The molecule has 3 aromatic carbocycles. The van der Waals surface area contributed by atoms with Crippen LogP contribution in [0.5, 0.6) is 0 Å². The summed E-state index contributed by atoms with van der Waals surface area (Å²) in [5.74, 6) is 0.821. The summed E-state index contributed by atoms with van der Waals surface area (Å²) in [4.78, 5) is 8.84. The number of nitrogens with zero attached hydrogens (tertiary/aromatic N) is 2. The van der Waals surface area contributed by atoms with E-state index in [-0.39, 0.29) is 0 Å². The van der Waals surface area contributed by atoms with Gasteiger partial charge in [0.25, 0.3) is 0 Å². The molecule has 0 radical (unpaired) electrons. The first-order valence-corrected chi connectivity index (χ1v) is 8.64. The van der Waals surface area contributed by atoms with Gasteiger partial charge in [0, 0.05) is 23.3 Å². The first-order valence-electron chi connectivity index (χ1n) is 8.64. The number of aromatic nitrogens is 2. The lowest BCUT2D eigenvalue weighted by molar-refractivity contribution is 1.15. The molecule has 0 saturated heterocycles. The topological polar surface area (TPSA) is 49.8 Å². The number of anilines is 3. The Hall–Kier alpha value is -3.40. The maximum atomic E-state index is 4.45. The van der Waals surface area contributed by atoms with Crippen LogP contribution in [0.15, 0.2) is 79.1 Å². The Morgan fingerprint density at radius 2 is 1.65 bits per heavy atom. The molecule has 1 heterocycles. The lowest BCUT2D eigenvalue weighted by Crippen LogP contribution is -2.00. The summed E-state index contributed by atoms with van der Waals surface area (Å²) in [6.45, 7) is 2.83. The van der Waals surface area contributed by atoms with E-state index < -0.39 is 0 Å². The van der Waals surface area contributed by atoms with E-state index in [2.05, 4.69) is 63.9 Å². The Morgan fingerprint density at radius 3 is 2.50 bits per heavy atom. The van der Waals surface area contributed by atoms with Crippen LogP contribution in [-0.2, 0) is 6.54 Å². The fraction of sp³-hybridized carbons (Fsp3) is 0.0909. The molecule has 0 saturated carbocycles. The number of aryl methyl sites for hydroxylation is 1. The average molecular weight is 340 g/mol. The van der Waals surface area contributed by atoms with Gasteiger partial charge in [0.05, 0.1) is 5.52 Å². The number of benzene rings is 3. The first kappa shape index (κ1) is 16.1. The van der Waals surface area contributed by atoms with E-state index >= 15 is 0 Å². The molecule has 4 heteroatoms. The van der Waals surface area contributed by atoms with Gasteiger partial charge in [0.1, 0.15) is 12.1 Å². The van der Waals surface area contributed by atoms with Gasteiger partial charge in [0.2, 0.25) is 0 Å². The highest BCUT2D eigenvalue weighted by atomic mass is 15.0. The molecule has 0 amide bonds. The number of hydrogen-bond donors (Lipinski definition) is 2. The molecule has 0 aliphatic rings. The number of hydrogen-bond acceptors (Lipinski definition) is 4. The third-order valence-corrected chi connectivity index (χ3v) is 4.25. The summed E-state index contributed by atoms with van der Waals surface area (Å²) in [5.41, 5.74) is 5.45. The summed E-state index contributed by atoms with van der Waals surface area (Å²) in [6.07, 6.45) is 1.60. The zero-order valence-corrected chi connectivity index (χ0v) is 14.6. The second kappa shape index (κ2) is 7.23. The largest absolute Gasteiger partial charge is 0.381 e. The van der Waals surface area contributed by atoms with Crippen LogP contribution < -0.4 is 10.6 Å². The molecule has 0 fully saturated rings. The van der Waals surface area contributed by atoms with Crippen LogP contribution in [0.1, 0.15) is 11.1 Å². The Morgan fingerprint density at radius 1 is 0.808 bits per heavy atom.